The number of nitrogens with zero attached hydrogens (tertiary/aromatic N) is 2. The highest BCUT2D eigenvalue weighted by Gasteiger charge is 2.18. The number of nitrogens with one attached hydrogen (secondary N) is 1. The van der Waals surface area contributed by atoms with E-state index in [1.165, 1.54) is 23.5 Å². The summed E-state index contributed by atoms with van der Waals surface area (Å²) in [5.74, 6) is -0.532. The topological polar surface area (TPSA) is 67.2 Å². The van der Waals surface area contributed by atoms with E-state index in [1.807, 2.05) is 6.92 Å². The lowest BCUT2D eigenvalue weighted by molar-refractivity contribution is 0.0926. The van der Waals surface area contributed by atoms with Gasteiger partial charge in [-0.2, -0.15) is 5.10 Å². The van der Waals surface area contributed by atoms with E-state index >= 15 is 0 Å². The predicted octanol–water partition coefficient (Wildman–Crippen LogP) is 2.65. The van der Waals surface area contributed by atoms with Gasteiger partial charge < -0.3 is 10.4 Å². The number of aliphatic hydroxyl groups excluding tert-OH is 1. The Kier molecular flexibility index (Phi) is 4.14. The number of fused-ring (bicyclic) bond motifs is 1. The van der Waals surface area contributed by atoms with E-state index < -0.39 is 0 Å². The van der Waals surface area contributed by atoms with Crippen molar-refractivity contribution in [1.82, 2.24) is 15.1 Å². The monoisotopic (exact) mass is 333 g/mol. The second kappa shape index (κ2) is 6.10. The first-order valence-corrected chi connectivity index (χ1v) is 7.98. The van der Waals surface area contributed by atoms with E-state index in [2.05, 4.69) is 10.4 Å². The Morgan fingerprint density at radius 2 is 2.13 bits per heavy atom. The van der Waals surface area contributed by atoms with Crippen LogP contribution in [-0.4, -0.2) is 33.4 Å². The number of thiophene rings is 1. The molecule has 23 heavy (non-hydrogen) atoms. The minimum absolute atomic E-state index is 0.112. The number of rotatable bonds is 4. The van der Waals surface area contributed by atoms with Gasteiger partial charge in [0.25, 0.3) is 5.91 Å². The Hall–Kier alpha value is -2.25. The summed E-state index contributed by atoms with van der Waals surface area (Å²) in [6.07, 6.45) is 0. The number of carbonyl (C=O) groups excluding carboxylic acids is 1. The van der Waals surface area contributed by atoms with Gasteiger partial charge in [0.2, 0.25) is 0 Å². The van der Waals surface area contributed by atoms with Crippen LogP contribution in [-0.2, 0) is 0 Å². The number of aliphatic hydroxyl groups is 1. The third kappa shape index (κ3) is 2.97. The lowest BCUT2D eigenvalue weighted by atomic mass is 10.3. The first-order chi connectivity index (χ1) is 11.0. The van der Waals surface area contributed by atoms with Gasteiger partial charge in [0.15, 0.2) is 0 Å². The zero-order valence-electron chi connectivity index (χ0n) is 12.7. The summed E-state index contributed by atoms with van der Waals surface area (Å²) in [4.78, 5) is 13.6. The maximum Gasteiger partial charge on any atom is 0.261 e. The summed E-state index contributed by atoms with van der Waals surface area (Å²) >= 11 is 1.32. The molecule has 2 heterocycles. The number of carbonyl (C=O) groups is 1. The summed E-state index contributed by atoms with van der Waals surface area (Å²) < 4.78 is 14.8. The molecule has 0 saturated heterocycles. The van der Waals surface area contributed by atoms with Gasteiger partial charge in [0, 0.05) is 11.4 Å². The van der Waals surface area contributed by atoms with Crippen molar-refractivity contribution in [3.63, 3.8) is 0 Å². The number of amides is 1. The molecule has 2 aromatic heterocycles. The van der Waals surface area contributed by atoms with Crippen LogP contribution in [0, 0.1) is 12.7 Å². The molecule has 0 aliphatic carbocycles. The van der Waals surface area contributed by atoms with Crippen LogP contribution < -0.4 is 5.32 Å². The van der Waals surface area contributed by atoms with Gasteiger partial charge >= 0.3 is 0 Å². The van der Waals surface area contributed by atoms with Crippen molar-refractivity contribution >= 4 is 27.5 Å². The molecule has 2 N–H and O–H groups in total. The van der Waals surface area contributed by atoms with Crippen molar-refractivity contribution in [2.75, 3.05) is 6.61 Å². The molecule has 0 saturated carbocycles. The highest BCUT2D eigenvalue weighted by molar-refractivity contribution is 7.20. The third-order valence-corrected chi connectivity index (χ3v) is 4.60. The molecule has 1 amide bonds. The first-order valence-electron chi connectivity index (χ1n) is 7.16. The average Bonchev–Trinajstić information content (AvgIpc) is 3.09. The molecule has 3 aromatic rings. The zero-order chi connectivity index (χ0) is 16.6. The summed E-state index contributed by atoms with van der Waals surface area (Å²) in [7, 11) is 0. The molecule has 1 aromatic carbocycles. The van der Waals surface area contributed by atoms with E-state index in [4.69, 9.17) is 5.11 Å². The van der Waals surface area contributed by atoms with Crippen molar-refractivity contribution in [1.29, 1.82) is 0 Å². The fourth-order valence-corrected chi connectivity index (χ4v) is 3.34. The second-order valence-corrected chi connectivity index (χ2v) is 6.39. The van der Waals surface area contributed by atoms with Crippen molar-refractivity contribution in [2.24, 2.45) is 0 Å². The molecular weight excluding hydrogens is 317 g/mol. The molecule has 0 radical (unpaired) electrons. The predicted molar refractivity (Wildman–Crippen MR) is 87.7 cm³/mol. The fraction of sp³-hybridized carbons (Fsp3) is 0.250. The van der Waals surface area contributed by atoms with Gasteiger partial charge in [0.05, 0.1) is 22.9 Å². The molecular formula is C16H16FN3O2S. The van der Waals surface area contributed by atoms with Crippen molar-refractivity contribution in [3.8, 4) is 5.69 Å². The van der Waals surface area contributed by atoms with Crippen molar-refractivity contribution in [2.45, 2.75) is 19.9 Å². The van der Waals surface area contributed by atoms with E-state index in [9.17, 15) is 9.18 Å². The lowest BCUT2D eigenvalue weighted by Crippen LogP contribution is -2.34. The van der Waals surface area contributed by atoms with Crippen LogP contribution in [0.3, 0.4) is 0 Å². The summed E-state index contributed by atoms with van der Waals surface area (Å²) in [5.41, 5.74) is 1.54. The number of aryl methyl sites for hydroxylation is 1. The molecule has 1 unspecified atom stereocenters. The summed E-state index contributed by atoms with van der Waals surface area (Å²) in [5, 5.41) is 17.1. The largest absolute Gasteiger partial charge is 0.394 e. The Balaban J connectivity index is 2.01. The highest BCUT2D eigenvalue weighted by atomic mass is 32.1. The molecule has 1 atom stereocenters. The standard InChI is InChI=1S/C16H16FN3O2S/c1-9(8-21)18-15(22)14-7-13-10(2)19-20(16(13)23-14)12-5-3-11(17)4-6-12/h3-7,9,21H,8H2,1-2H3,(H,18,22). The minimum atomic E-state index is -0.307. The molecule has 120 valence electrons. The van der Waals surface area contributed by atoms with Crippen LogP contribution in [0.4, 0.5) is 4.39 Å². The highest BCUT2D eigenvalue weighted by Crippen LogP contribution is 2.30. The molecule has 0 fully saturated rings. The lowest BCUT2D eigenvalue weighted by Gasteiger charge is -2.09. The van der Waals surface area contributed by atoms with Gasteiger partial charge in [-0.15, -0.1) is 11.3 Å². The smallest absolute Gasteiger partial charge is 0.261 e. The van der Waals surface area contributed by atoms with E-state index in [0.29, 0.717) is 4.88 Å². The number of hydrogen-bond acceptors (Lipinski definition) is 4. The quantitative estimate of drug-likeness (QED) is 0.771. The van der Waals surface area contributed by atoms with E-state index in [1.54, 1.807) is 29.8 Å². The van der Waals surface area contributed by atoms with Crippen LogP contribution in [0.25, 0.3) is 15.9 Å². The zero-order valence-corrected chi connectivity index (χ0v) is 13.5. The van der Waals surface area contributed by atoms with Gasteiger partial charge in [-0.25, -0.2) is 9.07 Å². The Labute approximate surface area is 136 Å². The van der Waals surface area contributed by atoms with Crippen LogP contribution in [0.15, 0.2) is 30.3 Å². The fourth-order valence-electron chi connectivity index (χ4n) is 2.26. The number of hydrogen-bond donors (Lipinski definition) is 2. The molecule has 0 spiro atoms. The maximum atomic E-state index is 13.1. The molecule has 0 aliphatic rings. The molecule has 5 nitrogen and oxygen atoms in total. The SMILES string of the molecule is Cc1nn(-c2ccc(F)cc2)c2sc(C(=O)NC(C)CO)cc12. The van der Waals surface area contributed by atoms with Crippen LogP contribution >= 0.6 is 11.3 Å². The van der Waals surface area contributed by atoms with Gasteiger partial charge in [-0.1, -0.05) is 0 Å². The Bertz CT molecular complexity index is 854. The molecule has 7 heteroatoms. The summed E-state index contributed by atoms with van der Waals surface area (Å²) in [6, 6.07) is 7.54. The van der Waals surface area contributed by atoms with E-state index in [-0.39, 0.29) is 24.4 Å². The number of halogens is 1. The summed E-state index contributed by atoms with van der Waals surface area (Å²) in [6.45, 7) is 3.49. The molecule has 0 bridgehead atoms. The van der Waals surface area contributed by atoms with Crippen molar-refractivity contribution < 1.29 is 14.3 Å². The molecule has 3 rings (SSSR count). The maximum absolute atomic E-state index is 13.1. The third-order valence-electron chi connectivity index (χ3n) is 3.49. The second-order valence-electron chi connectivity index (χ2n) is 5.36. The van der Waals surface area contributed by atoms with Crippen LogP contribution in [0.2, 0.25) is 0 Å². The van der Waals surface area contributed by atoms with Crippen LogP contribution in [0.5, 0.6) is 0 Å². The van der Waals surface area contributed by atoms with Gasteiger partial charge in [-0.05, 0) is 44.2 Å². The van der Waals surface area contributed by atoms with Gasteiger partial charge in [0.1, 0.15) is 10.6 Å². The van der Waals surface area contributed by atoms with Crippen LogP contribution in [0.1, 0.15) is 22.3 Å². The minimum Gasteiger partial charge on any atom is -0.394 e. The van der Waals surface area contributed by atoms with Crippen molar-refractivity contribution in [3.05, 3.63) is 46.7 Å². The first kappa shape index (κ1) is 15.6. The molecule has 0 aliphatic heterocycles. The van der Waals surface area contributed by atoms with Gasteiger partial charge in [-0.3, -0.25) is 4.79 Å². The van der Waals surface area contributed by atoms with E-state index in [0.717, 1.165) is 21.6 Å². The average molecular weight is 333 g/mol. The number of benzene rings is 1. The Morgan fingerprint density at radius 1 is 1.43 bits per heavy atom. The Morgan fingerprint density at radius 3 is 2.78 bits per heavy atom. The number of aromatic nitrogens is 2. The normalized spacial score (nSPS) is 12.5.